The fourth-order valence-electron chi connectivity index (χ4n) is 4.75. The number of piperidine rings is 1. The zero-order chi connectivity index (χ0) is 24.8. The van der Waals surface area contributed by atoms with Gasteiger partial charge in [-0.3, -0.25) is 0 Å². The largest absolute Gasteiger partial charge is 0.448 e. The molecule has 0 unspecified atom stereocenters. The average Bonchev–Trinajstić information content (AvgIpc) is 2.79. The lowest BCUT2D eigenvalue weighted by Gasteiger charge is -2.48. The number of benzene rings is 1. The van der Waals surface area contributed by atoms with Gasteiger partial charge in [0.1, 0.15) is 17.7 Å². The smallest absolute Gasteiger partial charge is 0.410 e. The Balaban J connectivity index is 1.55. The SMILES string of the molecule is CC(C)(C)OC(=O)NC1(C(=O)OCCl)CCC2(CCN(C(=O)OCc3ccccc3)CC2)CC1. The second-order valence-corrected chi connectivity index (χ2v) is 10.5. The van der Waals surface area contributed by atoms with E-state index in [0.717, 1.165) is 31.2 Å². The van der Waals surface area contributed by atoms with Crippen molar-refractivity contribution in [3.63, 3.8) is 0 Å². The third kappa shape index (κ3) is 6.78. The van der Waals surface area contributed by atoms with Crippen molar-refractivity contribution in [2.45, 2.75) is 77.0 Å². The monoisotopic (exact) mass is 494 g/mol. The van der Waals surface area contributed by atoms with Gasteiger partial charge in [-0.1, -0.05) is 41.9 Å². The molecule has 8 nitrogen and oxygen atoms in total. The zero-order valence-corrected chi connectivity index (χ0v) is 21.0. The number of amides is 2. The maximum absolute atomic E-state index is 12.8. The van der Waals surface area contributed by atoms with Crippen LogP contribution in [0.1, 0.15) is 64.9 Å². The van der Waals surface area contributed by atoms with E-state index >= 15 is 0 Å². The van der Waals surface area contributed by atoms with Gasteiger partial charge in [0.05, 0.1) is 0 Å². The lowest BCUT2D eigenvalue weighted by atomic mass is 9.63. The number of halogens is 1. The molecule has 2 aliphatic rings. The summed E-state index contributed by atoms with van der Waals surface area (Å²) in [6.45, 7) is 6.77. The summed E-state index contributed by atoms with van der Waals surface area (Å²) in [5, 5.41) is 2.78. The summed E-state index contributed by atoms with van der Waals surface area (Å²) >= 11 is 5.64. The summed E-state index contributed by atoms with van der Waals surface area (Å²) in [5.74, 6) is -0.537. The highest BCUT2D eigenvalue weighted by Gasteiger charge is 2.50. The minimum absolute atomic E-state index is 0.0105. The summed E-state index contributed by atoms with van der Waals surface area (Å²) in [4.78, 5) is 39.5. The van der Waals surface area contributed by atoms with E-state index in [1.54, 1.807) is 25.7 Å². The number of hydrogen-bond acceptors (Lipinski definition) is 6. The number of nitrogens with one attached hydrogen (secondary N) is 1. The number of alkyl carbamates (subject to hydrolysis) is 1. The fraction of sp³-hybridized carbons (Fsp3) is 0.640. The van der Waals surface area contributed by atoms with Crippen molar-refractivity contribution in [2.75, 3.05) is 19.2 Å². The van der Waals surface area contributed by atoms with E-state index in [4.69, 9.17) is 25.8 Å². The lowest BCUT2D eigenvalue weighted by molar-refractivity contribution is -0.152. The topological polar surface area (TPSA) is 94.2 Å². The number of likely N-dealkylation sites (tertiary alicyclic amines) is 1. The van der Waals surface area contributed by atoms with Crippen LogP contribution in [-0.4, -0.2) is 53.4 Å². The third-order valence-electron chi connectivity index (χ3n) is 6.77. The quantitative estimate of drug-likeness (QED) is 0.352. The molecule has 1 saturated carbocycles. The Labute approximate surface area is 206 Å². The molecule has 1 aliphatic heterocycles. The second-order valence-electron chi connectivity index (χ2n) is 10.3. The molecule has 188 valence electrons. The molecular weight excluding hydrogens is 460 g/mol. The summed E-state index contributed by atoms with van der Waals surface area (Å²) in [7, 11) is 0. The van der Waals surface area contributed by atoms with Gasteiger partial charge in [0.2, 0.25) is 0 Å². The highest BCUT2D eigenvalue weighted by atomic mass is 35.5. The molecule has 1 spiro atoms. The summed E-state index contributed by atoms with van der Waals surface area (Å²) in [6, 6.07) is 9.32. The summed E-state index contributed by atoms with van der Waals surface area (Å²) < 4.78 is 15.9. The molecule has 9 heteroatoms. The van der Waals surface area contributed by atoms with Crippen molar-refractivity contribution in [3.05, 3.63) is 35.9 Å². The maximum atomic E-state index is 12.8. The van der Waals surface area contributed by atoms with E-state index in [9.17, 15) is 14.4 Å². The molecule has 1 aromatic rings. The maximum Gasteiger partial charge on any atom is 0.410 e. The fourth-order valence-corrected chi connectivity index (χ4v) is 4.85. The van der Waals surface area contributed by atoms with Crippen molar-refractivity contribution in [1.82, 2.24) is 10.2 Å². The number of ether oxygens (including phenoxy) is 3. The number of nitrogens with zero attached hydrogens (tertiary/aromatic N) is 1. The Kier molecular flexibility index (Phi) is 8.34. The van der Waals surface area contributed by atoms with Crippen LogP contribution >= 0.6 is 11.6 Å². The number of rotatable bonds is 5. The number of hydrogen-bond donors (Lipinski definition) is 1. The second kappa shape index (κ2) is 10.8. The van der Waals surface area contributed by atoms with Crippen molar-refractivity contribution >= 4 is 29.8 Å². The number of carbonyl (C=O) groups is 3. The van der Waals surface area contributed by atoms with Crippen LogP contribution in [0, 0.1) is 5.41 Å². The van der Waals surface area contributed by atoms with Crippen LogP contribution < -0.4 is 5.32 Å². The number of carbonyl (C=O) groups excluding carboxylic acids is 3. The molecule has 3 rings (SSSR count). The lowest BCUT2D eigenvalue weighted by Crippen LogP contribution is -2.59. The van der Waals surface area contributed by atoms with Gasteiger partial charge in [-0.15, -0.1) is 0 Å². The van der Waals surface area contributed by atoms with E-state index in [2.05, 4.69) is 5.32 Å². The van der Waals surface area contributed by atoms with Crippen molar-refractivity contribution < 1.29 is 28.6 Å². The van der Waals surface area contributed by atoms with E-state index in [1.807, 2.05) is 30.3 Å². The highest BCUT2D eigenvalue weighted by Crippen LogP contribution is 2.48. The third-order valence-corrected chi connectivity index (χ3v) is 6.88. The van der Waals surface area contributed by atoms with E-state index in [0.29, 0.717) is 25.9 Å². The average molecular weight is 495 g/mol. The normalized spacial score (nSPS) is 19.2. The van der Waals surface area contributed by atoms with Crippen LogP contribution in [0.4, 0.5) is 9.59 Å². The molecule has 2 amide bonds. The molecule has 0 atom stereocenters. The van der Waals surface area contributed by atoms with Crippen molar-refractivity contribution in [1.29, 1.82) is 0 Å². The molecule has 34 heavy (non-hydrogen) atoms. The standard InChI is InChI=1S/C25H35ClN2O6/c1-23(2,3)34-21(30)27-25(20(29)33-18-26)11-9-24(10-12-25)13-15-28(16-14-24)22(31)32-17-19-7-5-4-6-8-19/h4-8H,9-18H2,1-3H3,(H,27,30). The minimum Gasteiger partial charge on any atom is -0.448 e. The Morgan fingerprint density at radius 2 is 1.59 bits per heavy atom. The molecular formula is C25H35ClN2O6. The molecule has 1 N–H and O–H groups in total. The van der Waals surface area contributed by atoms with E-state index < -0.39 is 23.2 Å². The van der Waals surface area contributed by atoms with Gasteiger partial charge >= 0.3 is 18.2 Å². The Hall–Kier alpha value is -2.48. The van der Waals surface area contributed by atoms with Gasteiger partial charge in [-0.2, -0.15) is 0 Å². The van der Waals surface area contributed by atoms with Gasteiger partial charge in [-0.05, 0) is 70.3 Å². The van der Waals surface area contributed by atoms with Crippen LogP contribution in [0.3, 0.4) is 0 Å². The number of alkyl halides is 1. The first-order chi connectivity index (χ1) is 16.1. The van der Waals surface area contributed by atoms with Crippen molar-refractivity contribution in [2.24, 2.45) is 5.41 Å². The van der Waals surface area contributed by atoms with Crippen LogP contribution in [-0.2, 0) is 25.6 Å². The summed E-state index contributed by atoms with van der Waals surface area (Å²) in [6.07, 6.45) is 3.01. The van der Waals surface area contributed by atoms with E-state index in [1.165, 1.54) is 0 Å². The first kappa shape index (κ1) is 26.1. The van der Waals surface area contributed by atoms with Crippen LogP contribution in [0.25, 0.3) is 0 Å². The van der Waals surface area contributed by atoms with Gasteiger partial charge in [0, 0.05) is 13.1 Å². The van der Waals surface area contributed by atoms with Gasteiger partial charge in [0.15, 0.2) is 6.07 Å². The van der Waals surface area contributed by atoms with Gasteiger partial charge in [-0.25, -0.2) is 14.4 Å². The Bertz CT molecular complexity index is 852. The van der Waals surface area contributed by atoms with Crippen molar-refractivity contribution in [3.8, 4) is 0 Å². The Morgan fingerprint density at radius 1 is 0.971 bits per heavy atom. The van der Waals surface area contributed by atoms with Crippen LogP contribution in [0.5, 0.6) is 0 Å². The summed E-state index contributed by atoms with van der Waals surface area (Å²) in [5.41, 5.74) is -0.876. The molecule has 1 heterocycles. The predicted octanol–water partition coefficient (Wildman–Crippen LogP) is 4.98. The highest BCUT2D eigenvalue weighted by molar-refractivity contribution is 6.17. The van der Waals surface area contributed by atoms with Gasteiger partial charge < -0.3 is 24.4 Å². The molecule has 0 bridgehead atoms. The zero-order valence-electron chi connectivity index (χ0n) is 20.2. The molecule has 0 aromatic heterocycles. The molecule has 1 aromatic carbocycles. The minimum atomic E-state index is -1.16. The van der Waals surface area contributed by atoms with Crippen LogP contribution in [0.2, 0.25) is 0 Å². The molecule has 0 radical (unpaired) electrons. The van der Waals surface area contributed by atoms with E-state index in [-0.39, 0.29) is 24.2 Å². The first-order valence-corrected chi connectivity index (χ1v) is 12.3. The molecule has 2 fully saturated rings. The molecule has 1 saturated heterocycles. The first-order valence-electron chi connectivity index (χ1n) is 11.8. The number of esters is 1. The molecule has 1 aliphatic carbocycles. The van der Waals surface area contributed by atoms with Crippen LogP contribution in [0.15, 0.2) is 30.3 Å². The Morgan fingerprint density at radius 3 is 2.15 bits per heavy atom. The van der Waals surface area contributed by atoms with Gasteiger partial charge in [0.25, 0.3) is 0 Å². The predicted molar refractivity (Wildman–Crippen MR) is 127 cm³/mol.